The highest BCUT2D eigenvalue weighted by Crippen LogP contribution is 2.21. The summed E-state index contributed by atoms with van der Waals surface area (Å²) >= 11 is 0. The summed E-state index contributed by atoms with van der Waals surface area (Å²) in [6.45, 7) is 2.86. The molecule has 0 aliphatic heterocycles. The summed E-state index contributed by atoms with van der Waals surface area (Å²) in [5, 5.41) is 14.2. The molecule has 2 rings (SSSR count). The first-order valence-corrected chi connectivity index (χ1v) is 6.65. The Balaban J connectivity index is 1.97. The Kier molecular flexibility index (Phi) is 4.84. The van der Waals surface area contributed by atoms with Gasteiger partial charge in [-0.25, -0.2) is 4.98 Å². The van der Waals surface area contributed by atoms with E-state index < -0.39 is 0 Å². The molecular weight excluding hydrogens is 256 g/mol. The van der Waals surface area contributed by atoms with E-state index in [0.717, 1.165) is 30.6 Å². The molecule has 106 valence electrons. The number of non-ortho nitro benzene ring substituents is 1. The fraction of sp³-hybridized carbons (Fsp3) is 0.357. The fourth-order valence-corrected chi connectivity index (χ4v) is 2.16. The van der Waals surface area contributed by atoms with Crippen LogP contribution in [0.4, 0.5) is 5.69 Å². The molecule has 6 heteroatoms. The van der Waals surface area contributed by atoms with E-state index in [2.05, 4.69) is 22.2 Å². The van der Waals surface area contributed by atoms with Crippen LogP contribution in [0.25, 0.3) is 0 Å². The zero-order valence-electron chi connectivity index (χ0n) is 11.4. The number of benzene rings is 1. The fourth-order valence-electron chi connectivity index (χ4n) is 2.16. The molecule has 2 N–H and O–H groups in total. The third-order valence-corrected chi connectivity index (χ3v) is 3.23. The van der Waals surface area contributed by atoms with Gasteiger partial charge in [0.05, 0.1) is 11.3 Å². The Morgan fingerprint density at radius 2 is 2.35 bits per heavy atom. The molecule has 2 aromatic rings. The zero-order chi connectivity index (χ0) is 14.4. The van der Waals surface area contributed by atoms with Crippen LogP contribution in [0, 0.1) is 10.1 Å². The van der Waals surface area contributed by atoms with Gasteiger partial charge in [0.1, 0.15) is 0 Å². The van der Waals surface area contributed by atoms with Gasteiger partial charge in [0.15, 0.2) is 0 Å². The van der Waals surface area contributed by atoms with Crippen molar-refractivity contribution < 1.29 is 4.92 Å². The van der Waals surface area contributed by atoms with Gasteiger partial charge in [0.2, 0.25) is 0 Å². The van der Waals surface area contributed by atoms with Crippen LogP contribution in [0.1, 0.15) is 30.6 Å². The standard InChI is InChI=1S/C14H18N4O2/c1-2-14(16-7-6-12-9-15-10-17-12)11-4-3-5-13(8-11)18(19)20/h3-5,8-10,14,16H,2,6-7H2,1H3,(H,15,17). The van der Waals surface area contributed by atoms with Gasteiger partial charge in [-0.05, 0) is 12.0 Å². The quantitative estimate of drug-likeness (QED) is 0.600. The normalized spacial score (nSPS) is 12.2. The van der Waals surface area contributed by atoms with Crippen molar-refractivity contribution >= 4 is 5.69 Å². The summed E-state index contributed by atoms with van der Waals surface area (Å²) in [4.78, 5) is 17.5. The smallest absolute Gasteiger partial charge is 0.269 e. The second-order valence-corrected chi connectivity index (χ2v) is 4.59. The van der Waals surface area contributed by atoms with Crippen LogP contribution in [0.3, 0.4) is 0 Å². The first-order chi connectivity index (χ1) is 9.70. The molecule has 1 aromatic carbocycles. The average Bonchev–Trinajstić information content (AvgIpc) is 2.97. The van der Waals surface area contributed by atoms with Crippen LogP contribution in [0.2, 0.25) is 0 Å². The number of hydrogen-bond acceptors (Lipinski definition) is 4. The van der Waals surface area contributed by atoms with E-state index >= 15 is 0 Å². The number of nitrogens with zero attached hydrogens (tertiary/aromatic N) is 2. The third kappa shape index (κ3) is 3.64. The molecule has 0 bridgehead atoms. The molecule has 0 fully saturated rings. The number of hydrogen-bond donors (Lipinski definition) is 2. The molecule has 6 nitrogen and oxygen atoms in total. The number of aromatic amines is 1. The molecule has 1 heterocycles. The van der Waals surface area contributed by atoms with E-state index in [1.165, 1.54) is 6.07 Å². The second kappa shape index (κ2) is 6.81. The average molecular weight is 274 g/mol. The van der Waals surface area contributed by atoms with Crippen molar-refractivity contribution in [3.63, 3.8) is 0 Å². The zero-order valence-corrected chi connectivity index (χ0v) is 11.4. The maximum absolute atomic E-state index is 10.8. The Labute approximate surface area is 117 Å². The highest BCUT2D eigenvalue weighted by molar-refractivity contribution is 5.35. The van der Waals surface area contributed by atoms with E-state index in [9.17, 15) is 10.1 Å². The van der Waals surface area contributed by atoms with Crippen LogP contribution in [-0.2, 0) is 6.42 Å². The predicted octanol–water partition coefficient (Wildman–Crippen LogP) is 2.60. The van der Waals surface area contributed by atoms with Crippen molar-refractivity contribution in [3.8, 4) is 0 Å². The van der Waals surface area contributed by atoms with Gasteiger partial charge in [-0.15, -0.1) is 0 Å². The van der Waals surface area contributed by atoms with E-state index in [-0.39, 0.29) is 16.7 Å². The number of nitrogens with one attached hydrogen (secondary N) is 2. The molecule has 0 spiro atoms. The van der Waals surface area contributed by atoms with Gasteiger partial charge >= 0.3 is 0 Å². The number of H-pyrrole nitrogens is 1. The van der Waals surface area contributed by atoms with Crippen molar-refractivity contribution in [2.75, 3.05) is 6.54 Å². The maximum Gasteiger partial charge on any atom is 0.269 e. The lowest BCUT2D eigenvalue weighted by Crippen LogP contribution is -2.23. The van der Waals surface area contributed by atoms with Crippen LogP contribution >= 0.6 is 0 Å². The third-order valence-electron chi connectivity index (χ3n) is 3.23. The summed E-state index contributed by atoms with van der Waals surface area (Å²) in [5.41, 5.74) is 2.16. The topological polar surface area (TPSA) is 83.8 Å². The lowest BCUT2D eigenvalue weighted by Gasteiger charge is -2.17. The van der Waals surface area contributed by atoms with Crippen molar-refractivity contribution in [2.24, 2.45) is 0 Å². The number of imidazole rings is 1. The van der Waals surface area contributed by atoms with E-state index in [4.69, 9.17) is 0 Å². The predicted molar refractivity (Wildman–Crippen MR) is 76.4 cm³/mol. The maximum atomic E-state index is 10.8. The molecule has 0 aliphatic carbocycles. The molecule has 0 saturated carbocycles. The monoisotopic (exact) mass is 274 g/mol. The van der Waals surface area contributed by atoms with Crippen molar-refractivity contribution in [1.82, 2.24) is 15.3 Å². The lowest BCUT2D eigenvalue weighted by atomic mass is 10.0. The van der Waals surface area contributed by atoms with Crippen molar-refractivity contribution in [2.45, 2.75) is 25.8 Å². The van der Waals surface area contributed by atoms with Crippen molar-refractivity contribution in [1.29, 1.82) is 0 Å². The van der Waals surface area contributed by atoms with Gasteiger partial charge in [0.25, 0.3) is 5.69 Å². The molecule has 0 amide bonds. The summed E-state index contributed by atoms with van der Waals surface area (Å²) in [7, 11) is 0. The van der Waals surface area contributed by atoms with Gasteiger partial charge in [-0.2, -0.15) is 0 Å². The summed E-state index contributed by atoms with van der Waals surface area (Å²) in [6, 6.07) is 6.92. The van der Waals surface area contributed by atoms with E-state index in [1.54, 1.807) is 24.7 Å². The van der Waals surface area contributed by atoms with Gasteiger partial charge < -0.3 is 10.3 Å². The van der Waals surface area contributed by atoms with Crippen molar-refractivity contribution in [3.05, 3.63) is 58.2 Å². The molecule has 20 heavy (non-hydrogen) atoms. The Hall–Kier alpha value is -2.21. The molecular formula is C14H18N4O2. The molecule has 1 unspecified atom stereocenters. The number of rotatable bonds is 7. The molecule has 0 radical (unpaired) electrons. The van der Waals surface area contributed by atoms with Crippen LogP contribution < -0.4 is 5.32 Å². The molecule has 1 atom stereocenters. The number of nitro groups is 1. The molecule has 1 aromatic heterocycles. The number of aromatic nitrogens is 2. The highest BCUT2D eigenvalue weighted by atomic mass is 16.6. The first kappa shape index (κ1) is 14.2. The summed E-state index contributed by atoms with van der Waals surface area (Å²) < 4.78 is 0. The Morgan fingerprint density at radius 3 is 3.00 bits per heavy atom. The van der Waals surface area contributed by atoms with Gasteiger partial charge in [-0.3, -0.25) is 10.1 Å². The summed E-state index contributed by atoms with van der Waals surface area (Å²) in [5.74, 6) is 0. The highest BCUT2D eigenvalue weighted by Gasteiger charge is 2.12. The van der Waals surface area contributed by atoms with Gasteiger partial charge in [-0.1, -0.05) is 19.1 Å². The van der Waals surface area contributed by atoms with Crippen LogP contribution in [0.15, 0.2) is 36.8 Å². The SMILES string of the molecule is CCC(NCCc1cnc[nH]1)c1cccc([N+](=O)[O-])c1. The van der Waals surface area contributed by atoms with Crippen LogP contribution in [-0.4, -0.2) is 21.4 Å². The minimum absolute atomic E-state index is 0.123. The first-order valence-electron chi connectivity index (χ1n) is 6.65. The minimum Gasteiger partial charge on any atom is -0.348 e. The molecule has 0 saturated heterocycles. The lowest BCUT2D eigenvalue weighted by molar-refractivity contribution is -0.384. The summed E-state index contributed by atoms with van der Waals surface area (Å²) in [6.07, 6.45) is 5.19. The minimum atomic E-state index is -0.360. The molecule has 0 aliphatic rings. The van der Waals surface area contributed by atoms with Crippen LogP contribution in [0.5, 0.6) is 0 Å². The van der Waals surface area contributed by atoms with E-state index in [0.29, 0.717) is 0 Å². The Bertz CT molecular complexity index is 554. The second-order valence-electron chi connectivity index (χ2n) is 4.59. The van der Waals surface area contributed by atoms with E-state index in [1.807, 2.05) is 6.07 Å². The van der Waals surface area contributed by atoms with Gasteiger partial charge in [0, 0.05) is 43.0 Å². The largest absolute Gasteiger partial charge is 0.348 e. The Morgan fingerprint density at radius 1 is 1.50 bits per heavy atom. The number of nitro benzene ring substituents is 1.